The van der Waals surface area contributed by atoms with Crippen LogP contribution in [0.2, 0.25) is 0 Å². The second-order valence-corrected chi connectivity index (χ2v) is 6.86. The highest BCUT2D eigenvalue weighted by atomic mass is 16.5. The number of ether oxygens (including phenoxy) is 4. The summed E-state index contributed by atoms with van der Waals surface area (Å²) in [5.41, 5.74) is 0.906. The Bertz CT molecular complexity index is 853. The molecule has 0 saturated carbocycles. The Morgan fingerprint density at radius 2 is 1.58 bits per heavy atom. The van der Waals surface area contributed by atoms with Crippen molar-refractivity contribution >= 4 is 5.69 Å². The molecule has 170 valence electrons. The van der Waals surface area contributed by atoms with E-state index in [0.29, 0.717) is 50.3 Å². The number of nitrogens with zero attached hydrogens (tertiary/aromatic N) is 3. The van der Waals surface area contributed by atoms with Crippen molar-refractivity contribution in [1.29, 1.82) is 0 Å². The van der Waals surface area contributed by atoms with Crippen LogP contribution in [0.5, 0.6) is 11.6 Å². The van der Waals surface area contributed by atoms with Crippen LogP contribution in [0.25, 0.3) is 5.69 Å². The molecule has 3 rings (SSSR count). The molecular weight excluding hydrogens is 400 g/mol. The third-order valence-electron chi connectivity index (χ3n) is 4.78. The van der Waals surface area contributed by atoms with Gasteiger partial charge in [0.2, 0.25) is 5.75 Å². The van der Waals surface area contributed by atoms with E-state index < -0.39 is 0 Å². The number of hydrogen-bond donors (Lipinski definition) is 1. The molecule has 1 N–H and O–H groups in total. The number of aromatic nitrogens is 2. The van der Waals surface area contributed by atoms with Gasteiger partial charge < -0.3 is 29.2 Å². The molecule has 0 aliphatic carbocycles. The molecular formula is C22H32N4O5. The number of hydrogen-bond acceptors (Lipinski definition) is 8. The Morgan fingerprint density at radius 1 is 0.935 bits per heavy atom. The van der Waals surface area contributed by atoms with Crippen molar-refractivity contribution in [2.24, 2.45) is 0 Å². The molecule has 2 heterocycles. The second kappa shape index (κ2) is 12.3. The van der Waals surface area contributed by atoms with Gasteiger partial charge in [0.05, 0.1) is 18.9 Å². The first-order chi connectivity index (χ1) is 15.3. The van der Waals surface area contributed by atoms with E-state index in [2.05, 4.69) is 15.3 Å². The molecule has 9 nitrogen and oxygen atoms in total. The standard InChI is InChI=1S/C22H32N4O5/c1-3-28-14-16-30-20-19(25-12-10-23-11-13-25)21(31-17-15-29-4-2)24-26(22(20)27)18-8-6-5-7-9-18/h5-9,23H,3-4,10-17H2,1-2H3. The molecule has 1 aromatic carbocycles. The fraction of sp³-hybridized carbons (Fsp3) is 0.545. The molecule has 0 atom stereocenters. The van der Waals surface area contributed by atoms with Crippen LogP contribution in [-0.4, -0.2) is 75.6 Å². The lowest BCUT2D eigenvalue weighted by molar-refractivity contribution is 0.105. The average molecular weight is 433 g/mol. The maximum atomic E-state index is 13.4. The number of nitrogens with one attached hydrogen (secondary N) is 1. The van der Waals surface area contributed by atoms with Gasteiger partial charge in [-0.15, -0.1) is 5.10 Å². The van der Waals surface area contributed by atoms with Gasteiger partial charge in [-0.05, 0) is 26.0 Å². The van der Waals surface area contributed by atoms with Gasteiger partial charge in [0.15, 0.2) is 5.69 Å². The van der Waals surface area contributed by atoms with E-state index in [1.807, 2.05) is 44.2 Å². The van der Waals surface area contributed by atoms with E-state index in [-0.39, 0.29) is 17.9 Å². The van der Waals surface area contributed by atoms with Crippen molar-refractivity contribution in [2.45, 2.75) is 13.8 Å². The molecule has 1 aliphatic heterocycles. The molecule has 1 aromatic heterocycles. The zero-order valence-corrected chi connectivity index (χ0v) is 18.3. The summed E-state index contributed by atoms with van der Waals surface area (Å²) >= 11 is 0. The molecule has 31 heavy (non-hydrogen) atoms. The van der Waals surface area contributed by atoms with Crippen LogP contribution in [0, 0.1) is 0 Å². The van der Waals surface area contributed by atoms with Gasteiger partial charge in [-0.3, -0.25) is 4.79 Å². The van der Waals surface area contributed by atoms with Gasteiger partial charge >= 0.3 is 5.56 Å². The highest BCUT2D eigenvalue weighted by Gasteiger charge is 2.27. The Morgan fingerprint density at radius 3 is 2.23 bits per heavy atom. The summed E-state index contributed by atoms with van der Waals surface area (Å²) in [6.07, 6.45) is 0. The second-order valence-electron chi connectivity index (χ2n) is 6.86. The van der Waals surface area contributed by atoms with Gasteiger partial charge in [0.1, 0.15) is 13.2 Å². The van der Waals surface area contributed by atoms with Gasteiger partial charge in [-0.25, -0.2) is 0 Å². The lowest BCUT2D eigenvalue weighted by atomic mass is 10.2. The highest BCUT2D eigenvalue weighted by molar-refractivity contribution is 5.65. The number of para-hydroxylation sites is 1. The zero-order valence-electron chi connectivity index (χ0n) is 18.3. The predicted molar refractivity (Wildman–Crippen MR) is 119 cm³/mol. The molecule has 1 saturated heterocycles. The maximum Gasteiger partial charge on any atom is 0.316 e. The highest BCUT2D eigenvalue weighted by Crippen LogP contribution is 2.34. The zero-order chi connectivity index (χ0) is 21.9. The third-order valence-corrected chi connectivity index (χ3v) is 4.78. The first kappa shape index (κ1) is 23.1. The van der Waals surface area contributed by atoms with Crippen LogP contribution in [0.4, 0.5) is 5.69 Å². The average Bonchev–Trinajstić information content (AvgIpc) is 2.82. The molecule has 2 aromatic rings. The van der Waals surface area contributed by atoms with Gasteiger partial charge in [-0.2, -0.15) is 4.68 Å². The van der Waals surface area contributed by atoms with E-state index in [1.54, 1.807) is 0 Å². The van der Waals surface area contributed by atoms with Crippen molar-refractivity contribution in [3.05, 3.63) is 40.7 Å². The van der Waals surface area contributed by atoms with Crippen molar-refractivity contribution in [3.63, 3.8) is 0 Å². The fourth-order valence-corrected chi connectivity index (χ4v) is 3.31. The van der Waals surface area contributed by atoms with Crippen LogP contribution in [-0.2, 0) is 9.47 Å². The summed E-state index contributed by atoms with van der Waals surface area (Å²) in [5.74, 6) is 0.586. The first-order valence-corrected chi connectivity index (χ1v) is 10.9. The SMILES string of the molecule is CCOCCOc1nn(-c2ccccc2)c(=O)c(OCCOCC)c1N1CCNCC1. The van der Waals surface area contributed by atoms with Gasteiger partial charge in [-0.1, -0.05) is 18.2 Å². The molecule has 0 unspecified atom stereocenters. The largest absolute Gasteiger partial charge is 0.484 e. The lowest BCUT2D eigenvalue weighted by Gasteiger charge is -2.31. The fourth-order valence-electron chi connectivity index (χ4n) is 3.31. The van der Waals surface area contributed by atoms with Crippen LogP contribution < -0.4 is 25.2 Å². The molecule has 0 radical (unpaired) electrons. The van der Waals surface area contributed by atoms with E-state index in [0.717, 1.165) is 26.2 Å². The molecule has 9 heteroatoms. The summed E-state index contributed by atoms with van der Waals surface area (Å²) in [7, 11) is 0. The minimum atomic E-state index is -0.326. The van der Waals surface area contributed by atoms with Crippen LogP contribution in [0.15, 0.2) is 35.1 Å². The minimum absolute atomic E-state index is 0.229. The smallest absolute Gasteiger partial charge is 0.316 e. The maximum absolute atomic E-state index is 13.4. The molecule has 0 spiro atoms. The van der Waals surface area contributed by atoms with Crippen molar-refractivity contribution in [1.82, 2.24) is 15.1 Å². The predicted octanol–water partition coefficient (Wildman–Crippen LogP) is 1.47. The summed E-state index contributed by atoms with van der Waals surface area (Å²) in [6.45, 7) is 9.52. The Labute approximate surface area is 182 Å². The van der Waals surface area contributed by atoms with E-state index in [1.165, 1.54) is 4.68 Å². The normalized spacial score (nSPS) is 13.9. The number of benzene rings is 1. The lowest BCUT2D eigenvalue weighted by Crippen LogP contribution is -2.44. The van der Waals surface area contributed by atoms with Gasteiger partial charge in [0, 0.05) is 39.4 Å². The summed E-state index contributed by atoms with van der Waals surface area (Å²) in [4.78, 5) is 15.5. The number of piperazine rings is 1. The monoisotopic (exact) mass is 432 g/mol. The molecule has 0 bridgehead atoms. The van der Waals surface area contributed by atoms with E-state index >= 15 is 0 Å². The molecule has 0 amide bonds. The third kappa shape index (κ3) is 6.19. The van der Waals surface area contributed by atoms with Crippen molar-refractivity contribution < 1.29 is 18.9 Å². The minimum Gasteiger partial charge on any atom is -0.484 e. The van der Waals surface area contributed by atoms with Crippen LogP contribution in [0.1, 0.15) is 13.8 Å². The molecule has 1 aliphatic rings. The van der Waals surface area contributed by atoms with Crippen LogP contribution in [0.3, 0.4) is 0 Å². The van der Waals surface area contributed by atoms with E-state index in [9.17, 15) is 4.79 Å². The Hall–Kier alpha value is -2.62. The number of rotatable bonds is 12. The van der Waals surface area contributed by atoms with E-state index in [4.69, 9.17) is 18.9 Å². The van der Waals surface area contributed by atoms with Crippen molar-refractivity contribution in [3.8, 4) is 17.3 Å². The van der Waals surface area contributed by atoms with Gasteiger partial charge in [0.25, 0.3) is 5.88 Å². The Balaban J connectivity index is 2.04. The first-order valence-electron chi connectivity index (χ1n) is 10.9. The molecule has 1 fully saturated rings. The number of anilines is 1. The summed E-state index contributed by atoms with van der Waals surface area (Å²) in [5, 5.41) is 7.90. The quantitative estimate of drug-likeness (QED) is 0.505. The van der Waals surface area contributed by atoms with Crippen molar-refractivity contribution in [2.75, 3.05) is 70.7 Å². The van der Waals surface area contributed by atoms with Crippen LogP contribution >= 0.6 is 0 Å². The summed E-state index contributed by atoms with van der Waals surface area (Å²) in [6, 6.07) is 9.26. The topological polar surface area (TPSA) is 87.1 Å². The Kier molecular flexibility index (Phi) is 9.14. The summed E-state index contributed by atoms with van der Waals surface area (Å²) < 4.78 is 24.1.